The molecule has 0 aliphatic heterocycles. The highest BCUT2D eigenvalue weighted by Crippen LogP contribution is 2.17. The average molecular weight is 173 g/mol. The van der Waals surface area contributed by atoms with Gasteiger partial charge >= 0.3 is 0 Å². The molecule has 1 aromatic rings. The molecule has 0 fully saturated rings. The van der Waals surface area contributed by atoms with Gasteiger partial charge in [0, 0.05) is 5.71 Å². The molecular weight excluding hydrogens is 158 g/mol. The Morgan fingerprint density at radius 2 is 2.00 bits per heavy atom. The van der Waals surface area contributed by atoms with Gasteiger partial charge in [-0.2, -0.15) is 0 Å². The summed E-state index contributed by atoms with van der Waals surface area (Å²) in [6.45, 7) is 6.07. The zero-order valence-electron chi connectivity index (χ0n) is 8.41. The Balaban J connectivity index is 2.97. The number of aliphatic imine (C=N–C) groups is 1. The molecule has 0 N–H and O–H groups in total. The molecule has 0 bridgehead atoms. The van der Waals surface area contributed by atoms with Gasteiger partial charge in [0.2, 0.25) is 0 Å². The summed E-state index contributed by atoms with van der Waals surface area (Å²) in [6.07, 6.45) is 4.00. The third-order valence-corrected chi connectivity index (χ3v) is 1.82. The quantitative estimate of drug-likeness (QED) is 0.605. The summed E-state index contributed by atoms with van der Waals surface area (Å²) in [4.78, 5) is 4.48. The van der Waals surface area contributed by atoms with Crippen molar-refractivity contribution in [2.45, 2.75) is 20.8 Å². The van der Waals surface area contributed by atoms with Crippen molar-refractivity contribution in [3.63, 3.8) is 0 Å². The first-order valence-electron chi connectivity index (χ1n) is 4.47. The van der Waals surface area contributed by atoms with Gasteiger partial charge in [-0.25, -0.2) is 0 Å². The summed E-state index contributed by atoms with van der Waals surface area (Å²) in [7, 11) is 0. The van der Waals surface area contributed by atoms with E-state index in [4.69, 9.17) is 0 Å². The molecule has 0 saturated heterocycles. The first-order valence-corrected chi connectivity index (χ1v) is 4.47. The van der Waals surface area contributed by atoms with E-state index in [0.29, 0.717) is 0 Å². The van der Waals surface area contributed by atoms with Crippen molar-refractivity contribution in [3.8, 4) is 0 Å². The molecular formula is C12H15N. The number of rotatable bonds is 2. The normalized spacial score (nSPS) is 12.4. The van der Waals surface area contributed by atoms with Crippen LogP contribution in [0.1, 0.15) is 19.4 Å². The van der Waals surface area contributed by atoms with E-state index in [1.165, 1.54) is 5.56 Å². The number of hydrogen-bond donors (Lipinski definition) is 0. The van der Waals surface area contributed by atoms with Crippen LogP contribution in [-0.4, -0.2) is 5.71 Å². The van der Waals surface area contributed by atoms with Gasteiger partial charge in [0.15, 0.2) is 0 Å². The predicted molar refractivity (Wildman–Crippen MR) is 58.8 cm³/mol. The lowest BCUT2D eigenvalue weighted by Gasteiger charge is -1.99. The maximum Gasteiger partial charge on any atom is 0.0661 e. The van der Waals surface area contributed by atoms with Crippen LogP contribution in [0.25, 0.3) is 0 Å². The van der Waals surface area contributed by atoms with Crippen LogP contribution in [0, 0.1) is 6.92 Å². The highest BCUT2D eigenvalue weighted by Gasteiger charge is 1.92. The lowest BCUT2D eigenvalue weighted by Crippen LogP contribution is -1.83. The van der Waals surface area contributed by atoms with Crippen LogP contribution in [0.4, 0.5) is 5.69 Å². The van der Waals surface area contributed by atoms with Gasteiger partial charge in [0.1, 0.15) is 0 Å². The minimum Gasteiger partial charge on any atom is -0.254 e. The molecule has 0 amide bonds. The van der Waals surface area contributed by atoms with Crippen LogP contribution in [0.3, 0.4) is 0 Å². The number of para-hydroxylation sites is 1. The fraction of sp³-hybridized carbons (Fsp3) is 0.250. The van der Waals surface area contributed by atoms with Crippen LogP contribution < -0.4 is 0 Å². The number of nitrogens with zero attached hydrogens (tertiary/aromatic N) is 1. The molecule has 13 heavy (non-hydrogen) atoms. The molecule has 1 aromatic carbocycles. The smallest absolute Gasteiger partial charge is 0.0661 e. The molecule has 0 aromatic heterocycles. The highest BCUT2D eigenvalue weighted by molar-refractivity contribution is 5.94. The Bertz CT molecular complexity index is 335. The second-order valence-corrected chi connectivity index (χ2v) is 3.04. The first-order chi connectivity index (χ1) is 6.24. The summed E-state index contributed by atoms with van der Waals surface area (Å²) in [5, 5.41) is 0. The SMILES string of the molecule is C/C=C/C(C)=N\c1ccccc1C. The molecule has 68 valence electrons. The lowest BCUT2D eigenvalue weighted by molar-refractivity contribution is 1.39. The van der Waals surface area contributed by atoms with Crippen molar-refractivity contribution in [2.24, 2.45) is 4.99 Å². The van der Waals surface area contributed by atoms with Gasteiger partial charge in [-0.15, -0.1) is 0 Å². The molecule has 1 nitrogen and oxygen atoms in total. The fourth-order valence-corrected chi connectivity index (χ4v) is 1.16. The topological polar surface area (TPSA) is 12.4 Å². The van der Waals surface area contributed by atoms with E-state index in [1.807, 2.05) is 44.2 Å². The van der Waals surface area contributed by atoms with Crippen LogP contribution in [-0.2, 0) is 0 Å². The maximum absolute atomic E-state index is 4.48. The lowest BCUT2D eigenvalue weighted by atomic mass is 10.2. The Labute approximate surface area is 79.8 Å². The number of hydrogen-bond acceptors (Lipinski definition) is 1. The van der Waals surface area contributed by atoms with Crippen LogP contribution in [0.2, 0.25) is 0 Å². The van der Waals surface area contributed by atoms with Crippen molar-refractivity contribution >= 4 is 11.4 Å². The van der Waals surface area contributed by atoms with Gasteiger partial charge in [-0.05, 0) is 38.5 Å². The minimum atomic E-state index is 1.04. The highest BCUT2D eigenvalue weighted by atomic mass is 14.7. The molecule has 0 aliphatic carbocycles. The van der Waals surface area contributed by atoms with E-state index >= 15 is 0 Å². The third kappa shape index (κ3) is 2.86. The molecule has 0 aliphatic rings. The summed E-state index contributed by atoms with van der Waals surface area (Å²) >= 11 is 0. The van der Waals surface area contributed by atoms with Crippen molar-refractivity contribution in [2.75, 3.05) is 0 Å². The van der Waals surface area contributed by atoms with Crippen LogP contribution >= 0.6 is 0 Å². The van der Waals surface area contributed by atoms with Crippen LogP contribution in [0.15, 0.2) is 41.4 Å². The molecule has 0 spiro atoms. The standard InChI is InChI=1S/C12H15N/c1-4-7-11(3)13-12-9-6-5-8-10(12)2/h4-9H,1-3H3/b7-4+,13-11-. The van der Waals surface area contributed by atoms with Crippen molar-refractivity contribution in [1.29, 1.82) is 0 Å². The first kappa shape index (κ1) is 9.72. The van der Waals surface area contributed by atoms with E-state index in [2.05, 4.69) is 18.0 Å². The predicted octanol–water partition coefficient (Wildman–Crippen LogP) is 3.66. The van der Waals surface area contributed by atoms with Gasteiger partial charge in [-0.1, -0.05) is 24.3 Å². The molecule has 1 rings (SSSR count). The second kappa shape index (κ2) is 4.61. The van der Waals surface area contributed by atoms with Gasteiger partial charge in [0.25, 0.3) is 0 Å². The van der Waals surface area contributed by atoms with Crippen molar-refractivity contribution < 1.29 is 0 Å². The maximum atomic E-state index is 4.48. The van der Waals surface area contributed by atoms with Gasteiger partial charge < -0.3 is 0 Å². The van der Waals surface area contributed by atoms with Crippen LogP contribution in [0.5, 0.6) is 0 Å². The Morgan fingerprint density at radius 3 is 2.62 bits per heavy atom. The molecule has 0 heterocycles. The van der Waals surface area contributed by atoms with E-state index in [1.54, 1.807) is 0 Å². The fourth-order valence-electron chi connectivity index (χ4n) is 1.16. The van der Waals surface area contributed by atoms with E-state index < -0.39 is 0 Å². The van der Waals surface area contributed by atoms with E-state index in [-0.39, 0.29) is 0 Å². The van der Waals surface area contributed by atoms with Gasteiger partial charge in [0.05, 0.1) is 5.69 Å². The minimum absolute atomic E-state index is 1.04. The van der Waals surface area contributed by atoms with E-state index in [9.17, 15) is 0 Å². The summed E-state index contributed by atoms with van der Waals surface area (Å²) in [5.41, 5.74) is 3.31. The second-order valence-electron chi connectivity index (χ2n) is 3.04. The number of allylic oxidation sites excluding steroid dienone is 2. The zero-order valence-corrected chi connectivity index (χ0v) is 8.41. The summed E-state index contributed by atoms with van der Waals surface area (Å²) < 4.78 is 0. The third-order valence-electron chi connectivity index (χ3n) is 1.82. The molecule has 0 saturated carbocycles. The van der Waals surface area contributed by atoms with Crippen molar-refractivity contribution in [3.05, 3.63) is 42.0 Å². The molecule has 0 radical (unpaired) electrons. The van der Waals surface area contributed by atoms with Crippen molar-refractivity contribution in [1.82, 2.24) is 0 Å². The Kier molecular flexibility index (Phi) is 3.44. The summed E-state index contributed by atoms with van der Waals surface area (Å²) in [6, 6.07) is 8.14. The molecule has 1 heteroatoms. The van der Waals surface area contributed by atoms with E-state index in [0.717, 1.165) is 11.4 Å². The molecule has 0 unspecified atom stereocenters. The Hall–Kier alpha value is -1.37. The zero-order chi connectivity index (χ0) is 9.68. The summed E-state index contributed by atoms with van der Waals surface area (Å²) in [5.74, 6) is 0. The largest absolute Gasteiger partial charge is 0.254 e. The Morgan fingerprint density at radius 1 is 1.31 bits per heavy atom. The molecule has 0 atom stereocenters. The monoisotopic (exact) mass is 173 g/mol. The average Bonchev–Trinajstić information content (AvgIpc) is 2.09. The van der Waals surface area contributed by atoms with Gasteiger partial charge in [-0.3, -0.25) is 4.99 Å². The number of aryl methyl sites for hydroxylation is 1. The number of benzene rings is 1.